The van der Waals surface area contributed by atoms with Gasteiger partial charge in [-0.25, -0.2) is 17.2 Å². The highest BCUT2D eigenvalue weighted by Gasteiger charge is 2.30. The Labute approximate surface area is 183 Å². The highest BCUT2D eigenvalue weighted by atomic mass is 35.5. The maximum absolute atomic E-state index is 13.8. The highest BCUT2D eigenvalue weighted by Crippen LogP contribution is 2.30. The Morgan fingerprint density at radius 1 is 1.00 bits per heavy atom. The summed E-state index contributed by atoms with van der Waals surface area (Å²) in [5.41, 5.74) is 1.76. The largest absolute Gasteiger partial charge is 0.319 e. The van der Waals surface area contributed by atoms with Crippen molar-refractivity contribution in [2.45, 2.75) is 17.9 Å². The number of halogens is 3. The van der Waals surface area contributed by atoms with Gasteiger partial charge in [-0.05, 0) is 47.9 Å². The fraction of sp³-hybridized carbons (Fsp3) is 0.136. The third-order valence-corrected chi connectivity index (χ3v) is 7.41. The SMILES string of the molecule is O=C(Nc1ccc(F)cc1F)c1ccc(Cl)c(S(=O)(=O)N2CCc3ccccc3C2)c1. The number of anilines is 1. The fourth-order valence-corrected chi connectivity index (χ4v) is 5.36. The predicted molar refractivity (Wildman–Crippen MR) is 114 cm³/mol. The summed E-state index contributed by atoms with van der Waals surface area (Å²) in [6.45, 7) is 0.485. The molecule has 0 saturated heterocycles. The third-order valence-electron chi connectivity index (χ3n) is 5.09. The van der Waals surface area contributed by atoms with Crippen molar-refractivity contribution in [2.24, 2.45) is 0 Å². The quantitative estimate of drug-likeness (QED) is 0.615. The molecule has 0 radical (unpaired) electrons. The first-order valence-electron chi connectivity index (χ1n) is 9.38. The number of carbonyl (C=O) groups excluding carboxylic acids is 1. The van der Waals surface area contributed by atoms with Crippen molar-refractivity contribution in [1.82, 2.24) is 4.31 Å². The van der Waals surface area contributed by atoms with E-state index in [4.69, 9.17) is 11.6 Å². The number of sulfonamides is 1. The Bertz CT molecular complexity index is 1280. The molecule has 1 N–H and O–H groups in total. The van der Waals surface area contributed by atoms with Crippen LogP contribution in [0.4, 0.5) is 14.5 Å². The average Bonchev–Trinajstić information content (AvgIpc) is 2.75. The minimum absolute atomic E-state index is 0.0240. The summed E-state index contributed by atoms with van der Waals surface area (Å²) in [7, 11) is -3.98. The number of amides is 1. The number of rotatable bonds is 4. The second-order valence-electron chi connectivity index (χ2n) is 7.08. The van der Waals surface area contributed by atoms with Gasteiger partial charge in [-0.2, -0.15) is 4.31 Å². The van der Waals surface area contributed by atoms with E-state index in [2.05, 4.69) is 5.32 Å². The fourth-order valence-electron chi connectivity index (χ4n) is 3.44. The summed E-state index contributed by atoms with van der Waals surface area (Å²) in [5.74, 6) is -2.47. The molecule has 0 bridgehead atoms. The Hall–Kier alpha value is -2.81. The van der Waals surface area contributed by atoms with Gasteiger partial charge in [0.1, 0.15) is 16.5 Å². The number of nitrogens with zero attached hydrogens (tertiary/aromatic N) is 1. The monoisotopic (exact) mass is 462 g/mol. The van der Waals surface area contributed by atoms with Crippen LogP contribution in [0.2, 0.25) is 5.02 Å². The Kier molecular flexibility index (Phi) is 5.79. The van der Waals surface area contributed by atoms with Crippen LogP contribution in [-0.2, 0) is 23.0 Å². The van der Waals surface area contributed by atoms with E-state index in [9.17, 15) is 22.0 Å². The van der Waals surface area contributed by atoms with Crippen LogP contribution in [0.15, 0.2) is 65.6 Å². The minimum Gasteiger partial charge on any atom is -0.319 e. The van der Waals surface area contributed by atoms with Crippen molar-refractivity contribution in [3.05, 3.63) is 94.0 Å². The van der Waals surface area contributed by atoms with Gasteiger partial charge in [0.2, 0.25) is 10.0 Å². The first-order valence-corrected chi connectivity index (χ1v) is 11.2. The van der Waals surface area contributed by atoms with Gasteiger partial charge < -0.3 is 5.32 Å². The molecule has 0 fully saturated rings. The molecular weight excluding hydrogens is 446 g/mol. The molecule has 0 atom stereocenters. The van der Waals surface area contributed by atoms with E-state index in [0.717, 1.165) is 29.3 Å². The third kappa shape index (κ3) is 4.32. The summed E-state index contributed by atoms with van der Waals surface area (Å²) < 4.78 is 54.7. The molecule has 1 aliphatic heterocycles. The number of hydrogen-bond donors (Lipinski definition) is 1. The van der Waals surface area contributed by atoms with Gasteiger partial charge in [0.05, 0.1) is 10.7 Å². The van der Waals surface area contributed by atoms with E-state index in [-0.39, 0.29) is 34.3 Å². The van der Waals surface area contributed by atoms with Gasteiger partial charge in [0.15, 0.2) is 0 Å². The van der Waals surface area contributed by atoms with Gasteiger partial charge in [-0.15, -0.1) is 0 Å². The molecule has 9 heteroatoms. The lowest BCUT2D eigenvalue weighted by Gasteiger charge is -2.28. The average molecular weight is 463 g/mol. The molecule has 0 spiro atoms. The number of fused-ring (bicyclic) bond motifs is 1. The van der Waals surface area contributed by atoms with Crippen LogP contribution in [-0.4, -0.2) is 25.2 Å². The van der Waals surface area contributed by atoms with Crippen LogP contribution in [0.25, 0.3) is 0 Å². The molecular formula is C22H17ClF2N2O3S. The zero-order chi connectivity index (χ0) is 22.2. The topological polar surface area (TPSA) is 66.5 Å². The summed E-state index contributed by atoms with van der Waals surface area (Å²) in [6.07, 6.45) is 0.567. The van der Waals surface area contributed by atoms with Crippen molar-refractivity contribution in [3.8, 4) is 0 Å². The Morgan fingerprint density at radius 2 is 1.74 bits per heavy atom. The van der Waals surface area contributed by atoms with Crippen molar-refractivity contribution in [1.29, 1.82) is 0 Å². The van der Waals surface area contributed by atoms with Gasteiger partial charge in [-0.1, -0.05) is 35.9 Å². The van der Waals surface area contributed by atoms with E-state index in [1.807, 2.05) is 24.3 Å². The first-order chi connectivity index (χ1) is 14.8. The van der Waals surface area contributed by atoms with E-state index < -0.39 is 27.6 Å². The van der Waals surface area contributed by atoms with E-state index in [0.29, 0.717) is 12.5 Å². The Morgan fingerprint density at radius 3 is 2.48 bits per heavy atom. The van der Waals surface area contributed by atoms with Gasteiger partial charge in [-0.3, -0.25) is 4.79 Å². The van der Waals surface area contributed by atoms with Crippen LogP contribution in [0, 0.1) is 11.6 Å². The van der Waals surface area contributed by atoms with Gasteiger partial charge in [0.25, 0.3) is 5.91 Å². The molecule has 0 aromatic heterocycles. The van der Waals surface area contributed by atoms with Gasteiger partial charge >= 0.3 is 0 Å². The minimum atomic E-state index is -3.98. The van der Waals surface area contributed by atoms with Crippen LogP contribution in [0.5, 0.6) is 0 Å². The zero-order valence-corrected chi connectivity index (χ0v) is 17.7. The molecule has 31 heavy (non-hydrogen) atoms. The molecule has 0 aliphatic carbocycles. The van der Waals surface area contributed by atoms with Crippen LogP contribution < -0.4 is 5.32 Å². The van der Waals surface area contributed by atoms with Crippen molar-refractivity contribution in [2.75, 3.05) is 11.9 Å². The number of benzene rings is 3. The number of carbonyl (C=O) groups is 1. The maximum Gasteiger partial charge on any atom is 0.255 e. The molecule has 160 valence electrons. The molecule has 0 unspecified atom stereocenters. The molecule has 3 aromatic carbocycles. The molecule has 1 aliphatic rings. The lowest BCUT2D eigenvalue weighted by Crippen LogP contribution is -2.36. The van der Waals surface area contributed by atoms with Crippen molar-refractivity contribution < 1.29 is 22.0 Å². The summed E-state index contributed by atoms with van der Waals surface area (Å²) in [6, 6.07) is 14.1. The first kappa shape index (κ1) is 21.4. The number of hydrogen-bond acceptors (Lipinski definition) is 3. The lowest BCUT2D eigenvalue weighted by molar-refractivity contribution is 0.102. The van der Waals surface area contributed by atoms with E-state index >= 15 is 0 Å². The standard InChI is InChI=1S/C22H17ClF2N2O3S/c23-18-7-5-15(22(28)26-20-8-6-17(24)12-19(20)25)11-21(18)31(29,30)27-10-9-14-3-1-2-4-16(14)13-27/h1-8,11-12H,9-10,13H2,(H,26,28). The zero-order valence-electron chi connectivity index (χ0n) is 16.1. The summed E-state index contributed by atoms with van der Waals surface area (Å²) in [4.78, 5) is 12.4. The van der Waals surface area contributed by atoms with Crippen LogP contribution in [0.1, 0.15) is 21.5 Å². The predicted octanol–water partition coefficient (Wildman–Crippen LogP) is 4.62. The lowest BCUT2D eigenvalue weighted by atomic mass is 10.0. The molecule has 4 rings (SSSR count). The highest BCUT2D eigenvalue weighted by molar-refractivity contribution is 7.89. The van der Waals surface area contributed by atoms with Crippen LogP contribution in [0.3, 0.4) is 0 Å². The van der Waals surface area contributed by atoms with Gasteiger partial charge in [0, 0.05) is 24.7 Å². The second kappa shape index (κ2) is 8.37. The summed E-state index contributed by atoms with van der Waals surface area (Å²) in [5, 5.41) is 2.29. The van der Waals surface area contributed by atoms with Crippen LogP contribution >= 0.6 is 11.6 Å². The Balaban J connectivity index is 1.62. The molecule has 1 amide bonds. The molecule has 3 aromatic rings. The normalized spacial score (nSPS) is 14.2. The van der Waals surface area contributed by atoms with E-state index in [1.54, 1.807) is 0 Å². The smallest absolute Gasteiger partial charge is 0.255 e. The van der Waals surface area contributed by atoms with Crippen molar-refractivity contribution >= 4 is 33.2 Å². The molecule has 0 saturated carbocycles. The maximum atomic E-state index is 13.8. The molecule has 5 nitrogen and oxygen atoms in total. The summed E-state index contributed by atoms with van der Waals surface area (Å²) >= 11 is 6.17. The molecule has 1 heterocycles. The second-order valence-corrected chi connectivity index (χ2v) is 9.39. The van der Waals surface area contributed by atoms with E-state index in [1.165, 1.54) is 16.4 Å². The van der Waals surface area contributed by atoms with Crippen molar-refractivity contribution in [3.63, 3.8) is 0 Å². The number of nitrogens with one attached hydrogen (secondary N) is 1.